The molecule has 0 amide bonds. The fraction of sp³-hybridized carbons (Fsp3) is 0.444. The second kappa shape index (κ2) is 3.62. The molecule has 0 saturated carbocycles. The van der Waals surface area contributed by atoms with Gasteiger partial charge in [-0.1, -0.05) is 0 Å². The lowest BCUT2D eigenvalue weighted by molar-refractivity contribution is -0.904. The van der Waals surface area contributed by atoms with Crippen molar-refractivity contribution >= 4 is 5.69 Å². The van der Waals surface area contributed by atoms with Crippen LogP contribution < -0.4 is 14.9 Å². The van der Waals surface area contributed by atoms with Crippen LogP contribution in [0.5, 0.6) is 0 Å². The van der Waals surface area contributed by atoms with Gasteiger partial charge in [0.15, 0.2) is 0 Å². The molecule has 1 aliphatic heterocycles. The largest absolute Gasteiger partial charge is 0.369 e. The molecule has 1 fully saturated rings. The predicted octanol–water partition coefficient (Wildman–Crippen LogP) is -0.379. The highest BCUT2D eigenvalue weighted by Crippen LogP contribution is 2.11. The molecular formula is C9H14N3O+. The summed E-state index contributed by atoms with van der Waals surface area (Å²) >= 11 is 0. The predicted molar refractivity (Wildman–Crippen MR) is 48.9 cm³/mol. The van der Waals surface area contributed by atoms with Crippen LogP contribution in [-0.4, -0.2) is 31.4 Å². The molecule has 2 heterocycles. The molecule has 0 aliphatic carbocycles. The Morgan fingerprint density at radius 1 is 1.23 bits per heavy atom. The van der Waals surface area contributed by atoms with E-state index in [1.54, 1.807) is 12.4 Å². The summed E-state index contributed by atoms with van der Waals surface area (Å²) in [6, 6.07) is 3.84. The van der Waals surface area contributed by atoms with Crippen LogP contribution in [0.2, 0.25) is 0 Å². The molecule has 1 aromatic rings. The molecule has 1 aromatic heterocycles. The molecule has 2 N–H and O–H groups in total. The lowest BCUT2D eigenvalue weighted by Crippen LogP contribution is -2.43. The molecule has 1 saturated heterocycles. The molecular weight excluding hydrogens is 166 g/mol. The standard InChI is InChI=1S/C9H14N3O/c13-12-5-1-9(2-6-12)11-7-3-10-4-8-11/h1-2,5-6,10,13H,3-4,7-8H2/q+1. The van der Waals surface area contributed by atoms with Crippen LogP contribution in [-0.2, 0) is 0 Å². The number of hydrogen-bond donors (Lipinski definition) is 2. The summed E-state index contributed by atoms with van der Waals surface area (Å²) in [6.45, 7) is 4.15. The van der Waals surface area contributed by atoms with Gasteiger partial charge in [-0.15, -0.1) is 0 Å². The van der Waals surface area contributed by atoms with Gasteiger partial charge in [0.1, 0.15) is 0 Å². The molecule has 13 heavy (non-hydrogen) atoms. The minimum absolute atomic E-state index is 1.04. The summed E-state index contributed by atoms with van der Waals surface area (Å²) < 4.78 is 1.06. The third-order valence-electron chi connectivity index (χ3n) is 2.28. The molecule has 2 rings (SSSR count). The number of pyridine rings is 1. The molecule has 1 aliphatic rings. The third-order valence-corrected chi connectivity index (χ3v) is 2.28. The van der Waals surface area contributed by atoms with Crippen molar-refractivity contribution in [2.45, 2.75) is 0 Å². The minimum atomic E-state index is 1.04. The summed E-state index contributed by atoms with van der Waals surface area (Å²) in [5.41, 5.74) is 1.17. The highest BCUT2D eigenvalue weighted by atomic mass is 16.5. The van der Waals surface area contributed by atoms with E-state index in [2.05, 4.69) is 10.2 Å². The molecule has 0 radical (unpaired) electrons. The van der Waals surface area contributed by atoms with Crippen molar-refractivity contribution in [3.63, 3.8) is 0 Å². The van der Waals surface area contributed by atoms with Gasteiger partial charge in [-0.3, -0.25) is 5.21 Å². The average Bonchev–Trinajstić information content (AvgIpc) is 2.20. The molecule has 4 heteroatoms. The average molecular weight is 180 g/mol. The number of piperazine rings is 1. The number of nitrogens with one attached hydrogen (secondary N) is 1. The number of hydrogen-bond acceptors (Lipinski definition) is 3. The van der Waals surface area contributed by atoms with Gasteiger partial charge in [-0.05, 0) is 0 Å². The highest BCUT2D eigenvalue weighted by Gasteiger charge is 2.10. The van der Waals surface area contributed by atoms with Gasteiger partial charge in [0.05, 0.1) is 0 Å². The third kappa shape index (κ3) is 1.89. The Morgan fingerprint density at radius 2 is 1.85 bits per heavy atom. The van der Waals surface area contributed by atoms with Crippen molar-refractivity contribution in [2.24, 2.45) is 0 Å². The van der Waals surface area contributed by atoms with E-state index in [1.165, 1.54) is 5.69 Å². The second-order valence-electron chi connectivity index (χ2n) is 3.17. The van der Waals surface area contributed by atoms with E-state index in [0.717, 1.165) is 30.9 Å². The smallest absolute Gasteiger partial charge is 0.224 e. The first-order valence-electron chi connectivity index (χ1n) is 4.52. The first-order chi connectivity index (χ1) is 6.36. The van der Waals surface area contributed by atoms with Crippen LogP contribution in [0.3, 0.4) is 0 Å². The summed E-state index contributed by atoms with van der Waals surface area (Å²) in [7, 11) is 0. The number of anilines is 1. The van der Waals surface area contributed by atoms with Crippen molar-refractivity contribution in [1.82, 2.24) is 5.32 Å². The zero-order chi connectivity index (χ0) is 9.10. The second-order valence-corrected chi connectivity index (χ2v) is 3.17. The van der Waals surface area contributed by atoms with E-state index in [-0.39, 0.29) is 0 Å². The molecule has 0 spiro atoms. The Kier molecular flexibility index (Phi) is 2.31. The van der Waals surface area contributed by atoms with Crippen molar-refractivity contribution in [3.05, 3.63) is 24.5 Å². The van der Waals surface area contributed by atoms with Crippen molar-refractivity contribution in [1.29, 1.82) is 0 Å². The zero-order valence-corrected chi connectivity index (χ0v) is 7.48. The minimum Gasteiger partial charge on any atom is -0.369 e. The SMILES string of the molecule is O[n+]1ccc(N2CCNCC2)cc1. The molecule has 4 nitrogen and oxygen atoms in total. The zero-order valence-electron chi connectivity index (χ0n) is 7.48. The van der Waals surface area contributed by atoms with Crippen LogP contribution in [0, 0.1) is 0 Å². The van der Waals surface area contributed by atoms with E-state index in [4.69, 9.17) is 5.21 Å². The topological polar surface area (TPSA) is 39.4 Å². The molecule has 0 bridgehead atoms. The van der Waals surface area contributed by atoms with Gasteiger partial charge < -0.3 is 10.2 Å². The summed E-state index contributed by atoms with van der Waals surface area (Å²) in [5.74, 6) is 0. The maximum absolute atomic E-state index is 9.04. The quantitative estimate of drug-likeness (QED) is 0.457. The Bertz CT molecular complexity index is 267. The summed E-state index contributed by atoms with van der Waals surface area (Å²) in [4.78, 5) is 2.30. The van der Waals surface area contributed by atoms with E-state index in [9.17, 15) is 0 Å². The molecule has 70 valence electrons. The number of nitrogens with zero attached hydrogens (tertiary/aromatic N) is 2. The van der Waals surface area contributed by atoms with E-state index < -0.39 is 0 Å². The van der Waals surface area contributed by atoms with Crippen LogP contribution in [0.15, 0.2) is 24.5 Å². The first-order valence-corrected chi connectivity index (χ1v) is 4.52. The Hall–Kier alpha value is -1.29. The van der Waals surface area contributed by atoms with Gasteiger partial charge in [0.25, 0.3) is 0 Å². The van der Waals surface area contributed by atoms with Crippen LogP contribution >= 0.6 is 0 Å². The Labute approximate surface area is 77.4 Å². The first kappa shape index (κ1) is 8.31. The number of rotatable bonds is 1. The molecule has 0 atom stereocenters. The lowest BCUT2D eigenvalue weighted by atomic mass is 10.3. The summed E-state index contributed by atoms with van der Waals surface area (Å²) in [6.07, 6.45) is 3.30. The maximum Gasteiger partial charge on any atom is 0.224 e. The molecule has 0 unspecified atom stereocenters. The van der Waals surface area contributed by atoms with E-state index in [1.807, 2.05) is 12.1 Å². The fourth-order valence-electron chi connectivity index (χ4n) is 1.54. The van der Waals surface area contributed by atoms with Gasteiger partial charge in [-0.2, -0.15) is 0 Å². The monoisotopic (exact) mass is 180 g/mol. The number of aromatic nitrogens is 1. The van der Waals surface area contributed by atoms with E-state index >= 15 is 0 Å². The van der Waals surface area contributed by atoms with E-state index in [0.29, 0.717) is 0 Å². The van der Waals surface area contributed by atoms with Gasteiger partial charge in [-0.25, -0.2) is 0 Å². The van der Waals surface area contributed by atoms with Crippen molar-refractivity contribution in [2.75, 3.05) is 31.1 Å². The maximum atomic E-state index is 9.04. The van der Waals surface area contributed by atoms with Crippen LogP contribution in [0.4, 0.5) is 5.69 Å². The Morgan fingerprint density at radius 3 is 2.46 bits per heavy atom. The van der Waals surface area contributed by atoms with Crippen LogP contribution in [0.1, 0.15) is 0 Å². The van der Waals surface area contributed by atoms with Gasteiger partial charge >= 0.3 is 0 Å². The lowest BCUT2D eigenvalue weighted by Gasteiger charge is -2.28. The fourth-order valence-corrected chi connectivity index (χ4v) is 1.54. The van der Waals surface area contributed by atoms with Gasteiger partial charge in [0, 0.05) is 48.7 Å². The van der Waals surface area contributed by atoms with Crippen molar-refractivity contribution < 1.29 is 9.94 Å². The van der Waals surface area contributed by atoms with Gasteiger partial charge in [0.2, 0.25) is 12.4 Å². The van der Waals surface area contributed by atoms with Crippen molar-refractivity contribution in [3.8, 4) is 0 Å². The highest BCUT2D eigenvalue weighted by molar-refractivity contribution is 5.44. The normalized spacial score (nSPS) is 17.4. The van der Waals surface area contributed by atoms with Crippen LogP contribution in [0.25, 0.3) is 0 Å². The summed E-state index contributed by atoms with van der Waals surface area (Å²) in [5, 5.41) is 12.3. The molecule has 0 aromatic carbocycles. The Balaban J connectivity index is 2.10.